The summed E-state index contributed by atoms with van der Waals surface area (Å²) in [5, 5.41) is 3.16. The van der Waals surface area contributed by atoms with Gasteiger partial charge in [0.25, 0.3) is 0 Å². The van der Waals surface area contributed by atoms with Crippen LogP contribution in [0.1, 0.15) is 56.9 Å². The van der Waals surface area contributed by atoms with Crippen LogP contribution in [0.4, 0.5) is 10.1 Å². The van der Waals surface area contributed by atoms with E-state index < -0.39 is 10.0 Å². The molecular formula is C24H31FN2O3S2. The van der Waals surface area contributed by atoms with Crippen molar-refractivity contribution >= 4 is 32.9 Å². The van der Waals surface area contributed by atoms with Crippen LogP contribution in [0.3, 0.4) is 0 Å². The van der Waals surface area contributed by atoms with Crippen LogP contribution in [0.5, 0.6) is 5.75 Å². The molecule has 2 aromatic carbocycles. The van der Waals surface area contributed by atoms with Crippen molar-refractivity contribution in [3.63, 3.8) is 0 Å². The Morgan fingerprint density at radius 3 is 2.47 bits per heavy atom. The van der Waals surface area contributed by atoms with Gasteiger partial charge >= 0.3 is 0 Å². The molecule has 32 heavy (non-hydrogen) atoms. The van der Waals surface area contributed by atoms with Gasteiger partial charge in [0.15, 0.2) is 11.6 Å². The van der Waals surface area contributed by atoms with Crippen LogP contribution < -0.4 is 14.8 Å². The number of nitrogens with one attached hydrogen (secondary N) is 2. The molecule has 1 aliphatic rings. The maximum absolute atomic E-state index is 13.8. The fourth-order valence-electron chi connectivity index (χ4n) is 3.93. The van der Waals surface area contributed by atoms with E-state index in [0.29, 0.717) is 11.4 Å². The monoisotopic (exact) mass is 478 g/mol. The van der Waals surface area contributed by atoms with Crippen molar-refractivity contribution in [2.24, 2.45) is 0 Å². The quantitative estimate of drug-likeness (QED) is 0.344. The van der Waals surface area contributed by atoms with Crippen LogP contribution in [0.15, 0.2) is 47.4 Å². The molecule has 3 rings (SSSR count). The molecule has 2 aromatic rings. The summed E-state index contributed by atoms with van der Waals surface area (Å²) in [6.07, 6.45) is 8.37. The number of aryl methyl sites for hydroxylation is 1. The molecule has 174 valence electrons. The second-order valence-electron chi connectivity index (χ2n) is 8.20. The first-order chi connectivity index (χ1) is 15.4. The predicted octanol–water partition coefficient (Wildman–Crippen LogP) is 5.60. The molecule has 1 fully saturated rings. The number of hydrogen-bond acceptors (Lipinski definition) is 4. The number of thiocarbonyl (C=S) groups is 1. The molecule has 0 radical (unpaired) electrons. The molecule has 0 aliphatic heterocycles. The number of sulfonamides is 1. The smallest absolute Gasteiger partial charge is 0.240 e. The Morgan fingerprint density at radius 2 is 1.81 bits per heavy atom. The number of benzene rings is 2. The molecule has 1 aliphatic carbocycles. The third-order valence-electron chi connectivity index (χ3n) is 5.71. The molecule has 0 atom stereocenters. The van der Waals surface area contributed by atoms with Gasteiger partial charge < -0.3 is 10.1 Å². The Labute approximate surface area is 195 Å². The molecule has 1 saturated carbocycles. The molecule has 0 bridgehead atoms. The topological polar surface area (TPSA) is 67.4 Å². The molecule has 0 saturated heterocycles. The molecule has 0 unspecified atom stereocenters. The zero-order valence-corrected chi connectivity index (χ0v) is 20.0. The van der Waals surface area contributed by atoms with E-state index in [1.165, 1.54) is 19.6 Å². The van der Waals surface area contributed by atoms with Crippen LogP contribution >= 0.6 is 12.2 Å². The Balaban J connectivity index is 1.42. The Bertz CT molecular complexity index is 1000. The van der Waals surface area contributed by atoms with Crippen LogP contribution in [0, 0.1) is 5.82 Å². The average molecular weight is 479 g/mol. The van der Waals surface area contributed by atoms with Crippen LogP contribution in [-0.2, 0) is 16.4 Å². The van der Waals surface area contributed by atoms with E-state index in [-0.39, 0.29) is 22.5 Å². The minimum absolute atomic E-state index is 0.0357. The minimum Gasteiger partial charge on any atom is -0.494 e. The Kier molecular flexibility index (Phi) is 9.02. The van der Waals surface area contributed by atoms with Gasteiger partial charge in [0.05, 0.1) is 17.0 Å². The van der Waals surface area contributed by atoms with Gasteiger partial charge in [-0.05, 0) is 80.5 Å². The fraction of sp³-hybridized carbons (Fsp3) is 0.458. The SMILES string of the molecule is COc1ccc(CCCCC(=S)Nc2ccc(S(=O)(=O)NC3CCCCC3)cc2)cc1F. The summed E-state index contributed by atoms with van der Waals surface area (Å²) in [6, 6.07) is 11.7. The number of unbranched alkanes of at least 4 members (excludes halogenated alkanes) is 1. The lowest BCUT2D eigenvalue weighted by Crippen LogP contribution is -2.36. The van der Waals surface area contributed by atoms with Gasteiger partial charge in [-0.2, -0.15) is 0 Å². The Morgan fingerprint density at radius 1 is 1.09 bits per heavy atom. The van der Waals surface area contributed by atoms with E-state index in [0.717, 1.165) is 56.2 Å². The van der Waals surface area contributed by atoms with Crippen molar-refractivity contribution in [3.05, 3.63) is 53.8 Å². The largest absolute Gasteiger partial charge is 0.494 e. The lowest BCUT2D eigenvalue weighted by atomic mass is 9.96. The van der Waals surface area contributed by atoms with E-state index in [9.17, 15) is 12.8 Å². The second-order valence-corrected chi connectivity index (χ2v) is 10.4. The van der Waals surface area contributed by atoms with E-state index >= 15 is 0 Å². The van der Waals surface area contributed by atoms with Gasteiger partial charge in [0, 0.05) is 11.7 Å². The summed E-state index contributed by atoms with van der Waals surface area (Å²) in [5.41, 5.74) is 1.70. The summed E-state index contributed by atoms with van der Waals surface area (Å²) < 4.78 is 46.7. The fourth-order valence-corrected chi connectivity index (χ4v) is 5.50. The number of rotatable bonds is 10. The zero-order chi connectivity index (χ0) is 23.0. The molecule has 5 nitrogen and oxygen atoms in total. The highest BCUT2D eigenvalue weighted by Gasteiger charge is 2.21. The van der Waals surface area contributed by atoms with Crippen molar-refractivity contribution < 1.29 is 17.5 Å². The van der Waals surface area contributed by atoms with Crippen LogP contribution in [0.2, 0.25) is 0 Å². The first-order valence-corrected chi connectivity index (χ1v) is 13.0. The highest BCUT2D eigenvalue weighted by atomic mass is 32.2. The maximum atomic E-state index is 13.8. The highest BCUT2D eigenvalue weighted by molar-refractivity contribution is 7.89. The van der Waals surface area contributed by atoms with Crippen molar-refractivity contribution in [1.82, 2.24) is 4.72 Å². The molecular weight excluding hydrogens is 447 g/mol. The number of methoxy groups -OCH3 is 1. The maximum Gasteiger partial charge on any atom is 0.240 e. The van der Waals surface area contributed by atoms with Gasteiger partial charge in [-0.15, -0.1) is 0 Å². The summed E-state index contributed by atoms with van der Waals surface area (Å²) in [6.45, 7) is 0. The molecule has 0 aromatic heterocycles. The van der Waals surface area contributed by atoms with E-state index in [1.807, 2.05) is 6.07 Å². The van der Waals surface area contributed by atoms with Crippen molar-refractivity contribution in [3.8, 4) is 5.75 Å². The van der Waals surface area contributed by atoms with E-state index in [1.54, 1.807) is 30.3 Å². The molecule has 2 N–H and O–H groups in total. The van der Waals surface area contributed by atoms with Gasteiger partial charge in [-0.1, -0.05) is 37.5 Å². The number of hydrogen-bond donors (Lipinski definition) is 2. The van der Waals surface area contributed by atoms with Gasteiger partial charge in [-0.25, -0.2) is 17.5 Å². The third kappa shape index (κ3) is 7.25. The van der Waals surface area contributed by atoms with Crippen molar-refractivity contribution in [1.29, 1.82) is 0 Å². The van der Waals surface area contributed by atoms with Crippen molar-refractivity contribution in [2.75, 3.05) is 12.4 Å². The molecule has 0 amide bonds. The van der Waals surface area contributed by atoms with Crippen LogP contribution in [-0.4, -0.2) is 26.6 Å². The summed E-state index contributed by atoms with van der Waals surface area (Å²) >= 11 is 5.42. The molecule has 0 spiro atoms. The van der Waals surface area contributed by atoms with E-state index in [4.69, 9.17) is 17.0 Å². The first-order valence-electron chi connectivity index (χ1n) is 11.1. The van der Waals surface area contributed by atoms with E-state index in [2.05, 4.69) is 10.0 Å². The summed E-state index contributed by atoms with van der Waals surface area (Å²) in [5.74, 6) is -0.0932. The molecule has 0 heterocycles. The molecule has 8 heteroatoms. The van der Waals surface area contributed by atoms with Crippen LogP contribution in [0.25, 0.3) is 0 Å². The summed E-state index contributed by atoms with van der Waals surface area (Å²) in [7, 11) is -2.05. The normalized spacial score (nSPS) is 14.8. The number of anilines is 1. The standard InChI is InChI=1S/C24H31FN2O3S2/c1-30-23-16-11-18(17-22(23)25)7-5-6-10-24(31)26-19-12-14-21(15-13-19)32(28,29)27-20-8-3-2-4-9-20/h11-17,20,27H,2-10H2,1H3,(H,26,31). The average Bonchev–Trinajstić information content (AvgIpc) is 2.77. The van der Waals surface area contributed by atoms with Crippen molar-refractivity contribution in [2.45, 2.75) is 68.7 Å². The summed E-state index contributed by atoms with van der Waals surface area (Å²) in [4.78, 5) is 0.966. The Hall–Kier alpha value is -2.03. The van der Waals surface area contributed by atoms with Gasteiger partial charge in [-0.3, -0.25) is 0 Å². The lowest BCUT2D eigenvalue weighted by Gasteiger charge is -2.22. The van der Waals surface area contributed by atoms with Gasteiger partial charge in [0.2, 0.25) is 10.0 Å². The second kappa shape index (κ2) is 11.7. The minimum atomic E-state index is -3.50. The zero-order valence-electron chi connectivity index (χ0n) is 18.4. The lowest BCUT2D eigenvalue weighted by molar-refractivity contribution is 0.386. The first kappa shape index (κ1) is 24.6. The third-order valence-corrected chi connectivity index (χ3v) is 7.55. The number of ether oxygens (including phenoxy) is 1. The number of halogens is 1. The van der Waals surface area contributed by atoms with Gasteiger partial charge in [0.1, 0.15) is 0 Å². The highest BCUT2D eigenvalue weighted by Crippen LogP contribution is 2.22. The predicted molar refractivity (Wildman–Crippen MR) is 130 cm³/mol.